The van der Waals surface area contributed by atoms with Crippen molar-refractivity contribution in [3.05, 3.63) is 33.8 Å². The third-order valence-electron chi connectivity index (χ3n) is 3.10. The van der Waals surface area contributed by atoms with Crippen LogP contribution >= 0.6 is 15.9 Å². The Bertz CT molecular complexity index is 402. The van der Waals surface area contributed by atoms with Gasteiger partial charge in [-0.25, -0.2) is 0 Å². The first-order chi connectivity index (χ1) is 6.54. The van der Waals surface area contributed by atoms with Gasteiger partial charge in [0.1, 0.15) is 0 Å². The largest absolute Gasteiger partial charge is 0.369 e. The summed E-state index contributed by atoms with van der Waals surface area (Å²) < 4.78 is 1.06. The van der Waals surface area contributed by atoms with Crippen molar-refractivity contribution in [1.29, 1.82) is 0 Å². The van der Waals surface area contributed by atoms with Crippen LogP contribution in [0, 0.1) is 0 Å². The second-order valence-electron chi connectivity index (χ2n) is 4.00. The molecule has 0 aliphatic heterocycles. The number of amides is 1. The van der Waals surface area contributed by atoms with E-state index in [2.05, 4.69) is 22.0 Å². The molecule has 1 aliphatic carbocycles. The van der Waals surface area contributed by atoms with Gasteiger partial charge in [-0.1, -0.05) is 22.0 Å². The van der Waals surface area contributed by atoms with Crippen LogP contribution in [0.3, 0.4) is 0 Å². The number of hydrogen-bond acceptors (Lipinski definition) is 1. The summed E-state index contributed by atoms with van der Waals surface area (Å²) in [5.74, 6) is -0.224. The molecular weight excluding hydrogens is 242 g/mol. The molecule has 0 fully saturated rings. The van der Waals surface area contributed by atoms with Crippen molar-refractivity contribution in [3.63, 3.8) is 0 Å². The Morgan fingerprint density at radius 2 is 2.29 bits per heavy atom. The molecule has 0 heterocycles. The topological polar surface area (TPSA) is 43.1 Å². The summed E-state index contributed by atoms with van der Waals surface area (Å²) in [6.07, 6.45) is 1.77. The highest BCUT2D eigenvalue weighted by Gasteiger charge is 2.39. The van der Waals surface area contributed by atoms with E-state index in [1.165, 1.54) is 5.56 Å². The van der Waals surface area contributed by atoms with Crippen molar-refractivity contribution >= 4 is 21.8 Å². The average Bonchev–Trinajstić information content (AvgIpc) is 2.45. The third-order valence-corrected chi connectivity index (χ3v) is 3.59. The SMILES string of the molecule is CC1(C(N)=O)CCc2cc(Br)ccc21. The number of primary amides is 1. The second kappa shape index (κ2) is 3.09. The predicted molar refractivity (Wildman–Crippen MR) is 59.0 cm³/mol. The quantitative estimate of drug-likeness (QED) is 0.819. The van der Waals surface area contributed by atoms with Crippen LogP contribution in [0.1, 0.15) is 24.5 Å². The van der Waals surface area contributed by atoms with E-state index in [1.807, 2.05) is 19.1 Å². The fraction of sp³-hybridized carbons (Fsp3) is 0.364. The molecule has 0 aromatic heterocycles. The summed E-state index contributed by atoms with van der Waals surface area (Å²) >= 11 is 3.42. The Balaban J connectivity index is 2.55. The normalized spacial score (nSPS) is 24.7. The molecule has 1 unspecified atom stereocenters. The maximum absolute atomic E-state index is 11.4. The molecule has 0 spiro atoms. The minimum absolute atomic E-state index is 0.224. The summed E-state index contributed by atoms with van der Waals surface area (Å²) in [4.78, 5) is 11.4. The first-order valence-corrected chi connectivity index (χ1v) is 5.42. The molecule has 0 radical (unpaired) electrons. The molecule has 74 valence electrons. The van der Waals surface area contributed by atoms with Gasteiger partial charge in [-0.2, -0.15) is 0 Å². The van der Waals surface area contributed by atoms with Crippen molar-refractivity contribution in [1.82, 2.24) is 0 Å². The summed E-state index contributed by atoms with van der Waals surface area (Å²) in [6, 6.07) is 6.03. The minimum atomic E-state index is -0.462. The number of hydrogen-bond donors (Lipinski definition) is 1. The van der Waals surface area contributed by atoms with E-state index in [1.54, 1.807) is 0 Å². The van der Waals surface area contributed by atoms with Crippen LogP contribution in [0.5, 0.6) is 0 Å². The van der Waals surface area contributed by atoms with Crippen molar-refractivity contribution in [2.75, 3.05) is 0 Å². The Labute approximate surface area is 91.6 Å². The van der Waals surface area contributed by atoms with Gasteiger partial charge in [0.05, 0.1) is 5.41 Å². The van der Waals surface area contributed by atoms with Gasteiger partial charge in [0.15, 0.2) is 0 Å². The highest BCUT2D eigenvalue weighted by molar-refractivity contribution is 9.10. The Kier molecular flexibility index (Phi) is 2.14. The number of carbonyl (C=O) groups is 1. The lowest BCUT2D eigenvalue weighted by atomic mass is 9.83. The number of fused-ring (bicyclic) bond motifs is 1. The number of halogens is 1. The maximum atomic E-state index is 11.4. The van der Waals surface area contributed by atoms with Crippen LogP contribution in [0.25, 0.3) is 0 Å². The third kappa shape index (κ3) is 1.27. The van der Waals surface area contributed by atoms with E-state index >= 15 is 0 Å². The molecule has 3 heteroatoms. The average molecular weight is 254 g/mol. The van der Waals surface area contributed by atoms with Crippen LogP contribution < -0.4 is 5.73 Å². The van der Waals surface area contributed by atoms with Crippen LogP contribution in [0.4, 0.5) is 0 Å². The second-order valence-corrected chi connectivity index (χ2v) is 4.91. The van der Waals surface area contributed by atoms with Crippen molar-refractivity contribution < 1.29 is 4.79 Å². The molecule has 14 heavy (non-hydrogen) atoms. The van der Waals surface area contributed by atoms with E-state index in [0.717, 1.165) is 22.9 Å². The number of nitrogens with two attached hydrogens (primary N) is 1. The predicted octanol–water partition coefficient (Wildman–Crippen LogP) is 2.14. The van der Waals surface area contributed by atoms with Gasteiger partial charge in [-0.05, 0) is 43.0 Å². The Hall–Kier alpha value is -0.830. The molecule has 0 saturated carbocycles. The highest BCUT2D eigenvalue weighted by Crippen LogP contribution is 2.39. The van der Waals surface area contributed by atoms with Gasteiger partial charge in [-0.3, -0.25) is 4.79 Å². The van der Waals surface area contributed by atoms with Crippen LogP contribution in [0.2, 0.25) is 0 Å². The van der Waals surface area contributed by atoms with E-state index in [9.17, 15) is 4.79 Å². The van der Waals surface area contributed by atoms with Gasteiger partial charge in [0.2, 0.25) is 5.91 Å². The fourth-order valence-corrected chi connectivity index (χ4v) is 2.49. The molecular formula is C11H12BrNO. The summed E-state index contributed by atoms with van der Waals surface area (Å²) in [6.45, 7) is 1.93. The van der Waals surface area contributed by atoms with Gasteiger partial charge in [0.25, 0.3) is 0 Å². The van der Waals surface area contributed by atoms with Crippen LogP contribution in [-0.2, 0) is 16.6 Å². The van der Waals surface area contributed by atoms with E-state index in [-0.39, 0.29) is 5.91 Å². The maximum Gasteiger partial charge on any atom is 0.227 e. The van der Waals surface area contributed by atoms with Gasteiger partial charge in [-0.15, -0.1) is 0 Å². The zero-order chi connectivity index (χ0) is 10.3. The van der Waals surface area contributed by atoms with E-state index in [0.29, 0.717) is 0 Å². The number of benzene rings is 1. The molecule has 0 saturated heterocycles. The first kappa shape index (κ1) is 9.71. The molecule has 1 amide bonds. The van der Waals surface area contributed by atoms with Crippen molar-refractivity contribution in [3.8, 4) is 0 Å². The lowest BCUT2D eigenvalue weighted by Gasteiger charge is -2.20. The van der Waals surface area contributed by atoms with Gasteiger partial charge >= 0.3 is 0 Å². The highest BCUT2D eigenvalue weighted by atomic mass is 79.9. The summed E-state index contributed by atoms with van der Waals surface area (Å²) in [5.41, 5.74) is 7.30. The molecule has 1 aliphatic rings. The summed E-state index contributed by atoms with van der Waals surface area (Å²) in [5, 5.41) is 0. The van der Waals surface area contributed by atoms with Crippen molar-refractivity contribution in [2.24, 2.45) is 5.73 Å². The lowest BCUT2D eigenvalue weighted by Crippen LogP contribution is -2.36. The zero-order valence-electron chi connectivity index (χ0n) is 8.01. The lowest BCUT2D eigenvalue weighted by molar-refractivity contribution is -0.122. The smallest absolute Gasteiger partial charge is 0.227 e. The summed E-state index contributed by atoms with van der Waals surface area (Å²) in [7, 11) is 0. The van der Waals surface area contributed by atoms with E-state index in [4.69, 9.17) is 5.73 Å². The number of carbonyl (C=O) groups excluding carboxylic acids is 1. The fourth-order valence-electron chi connectivity index (χ4n) is 2.08. The molecule has 1 aromatic carbocycles. The number of aryl methyl sites for hydroxylation is 1. The molecule has 2 N–H and O–H groups in total. The van der Waals surface area contributed by atoms with E-state index < -0.39 is 5.41 Å². The molecule has 2 rings (SSSR count). The van der Waals surface area contributed by atoms with Crippen molar-refractivity contribution in [2.45, 2.75) is 25.2 Å². The molecule has 2 nitrogen and oxygen atoms in total. The molecule has 1 aromatic rings. The molecule has 1 atom stereocenters. The van der Waals surface area contributed by atoms with Gasteiger partial charge < -0.3 is 5.73 Å². The van der Waals surface area contributed by atoms with Crippen LogP contribution in [0.15, 0.2) is 22.7 Å². The standard InChI is InChI=1S/C11H12BrNO/c1-11(10(13)14)5-4-7-6-8(12)2-3-9(7)11/h2-3,6H,4-5H2,1H3,(H2,13,14). The monoisotopic (exact) mass is 253 g/mol. The Morgan fingerprint density at radius 3 is 2.93 bits per heavy atom. The minimum Gasteiger partial charge on any atom is -0.369 e. The Morgan fingerprint density at radius 1 is 1.57 bits per heavy atom. The van der Waals surface area contributed by atoms with Gasteiger partial charge in [0, 0.05) is 4.47 Å². The zero-order valence-corrected chi connectivity index (χ0v) is 9.60. The van der Waals surface area contributed by atoms with Crippen LogP contribution in [-0.4, -0.2) is 5.91 Å². The molecule has 0 bridgehead atoms. The first-order valence-electron chi connectivity index (χ1n) is 4.63. The number of rotatable bonds is 1.